The topological polar surface area (TPSA) is 32.3 Å². The maximum atomic E-state index is 9.25. The number of thioether (sulfide) groups is 2. The van der Waals surface area contributed by atoms with E-state index in [0.29, 0.717) is 6.04 Å². The van der Waals surface area contributed by atoms with Crippen LogP contribution in [0.15, 0.2) is 28.0 Å². The van der Waals surface area contributed by atoms with Crippen molar-refractivity contribution in [3.05, 3.63) is 18.2 Å². The molecule has 0 amide bonds. The molecule has 2 nitrogen and oxygen atoms in total. The van der Waals surface area contributed by atoms with Crippen molar-refractivity contribution in [2.75, 3.05) is 18.2 Å². The second kappa shape index (κ2) is 4.68. The molecule has 2 rings (SSSR count). The van der Waals surface area contributed by atoms with E-state index in [0.717, 1.165) is 0 Å². The van der Waals surface area contributed by atoms with E-state index in [1.54, 1.807) is 23.5 Å². The van der Waals surface area contributed by atoms with Crippen molar-refractivity contribution in [1.82, 2.24) is 0 Å². The van der Waals surface area contributed by atoms with E-state index in [1.807, 2.05) is 0 Å². The first-order chi connectivity index (χ1) is 7.24. The van der Waals surface area contributed by atoms with Gasteiger partial charge in [-0.2, -0.15) is 0 Å². The summed E-state index contributed by atoms with van der Waals surface area (Å²) in [6.45, 7) is 2.33. The zero-order valence-corrected chi connectivity index (χ0v) is 10.5. The van der Waals surface area contributed by atoms with E-state index in [4.69, 9.17) is 0 Å². The quantitative estimate of drug-likeness (QED) is 0.780. The van der Waals surface area contributed by atoms with Crippen LogP contribution < -0.4 is 5.32 Å². The summed E-state index contributed by atoms with van der Waals surface area (Å²) in [5.74, 6) is 0. The van der Waals surface area contributed by atoms with E-state index in [-0.39, 0.29) is 11.9 Å². The van der Waals surface area contributed by atoms with Gasteiger partial charge in [0.1, 0.15) is 0 Å². The number of hydrogen-bond donors (Lipinski definition) is 2. The lowest BCUT2D eigenvalue weighted by molar-refractivity contribution is 0.287. The van der Waals surface area contributed by atoms with E-state index >= 15 is 0 Å². The van der Waals surface area contributed by atoms with Gasteiger partial charge < -0.3 is 10.4 Å². The Hall–Kier alpha value is -0.320. The molecule has 0 fully saturated rings. The van der Waals surface area contributed by atoms with Crippen molar-refractivity contribution in [2.45, 2.75) is 28.0 Å². The van der Waals surface area contributed by atoms with Gasteiger partial charge in [0.15, 0.2) is 0 Å². The number of fused-ring (bicyclic) bond motifs is 1. The Morgan fingerprint density at radius 3 is 3.00 bits per heavy atom. The van der Waals surface area contributed by atoms with E-state index in [1.165, 1.54) is 15.5 Å². The van der Waals surface area contributed by atoms with Crippen LogP contribution in [0.5, 0.6) is 0 Å². The Kier molecular flexibility index (Phi) is 3.49. The van der Waals surface area contributed by atoms with Gasteiger partial charge in [0.25, 0.3) is 0 Å². The molecule has 4 heteroatoms. The molecular weight excluding hydrogens is 226 g/mol. The predicted octanol–water partition coefficient (Wildman–Crippen LogP) is 2.68. The van der Waals surface area contributed by atoms with Crippen LogP contribution in [0, 0.1) is 0 Å². The average Bonchev–Trinajstić information content (AvgIpc) is 2.27. The maximum Gasteiger partial charge on any atom is 0.0573 e. The molecule has 0 saturated carbocycles. The van der Waals surface area contributed by atoms with E-state index < -0.39 is 0 Å². The normalized spacial score (nSPS) is 24.5. The monoisotopic (exact) mass is 241 g/mol. The molecule has 82 valence electrons. The summed E-state index contributed by atoms with van der Waals surface area (Å²) in [7, 11) is 0. The highest BCUT2D eigenvalue weighted by Gasteiger charge is 2.24. The van der Waals surface area contributed by atoms with Crippen LogP contribution in [0.1, 0.15) is 6.92 Å². The third-order valence-corrected chi connectivity index (χ3v) is 4.77. The minimum atomic E-state index is 0.224. The maximum absolute atomic E-state index is 9.25. The van der Waals surface area contributed by atoms with Gasteiger partial charge in [0.2, 0.25) is 0 Å². The molecule has 0 radical (unpaired) electrons. The fourth-order valence-corrected chi connectivity index (χ4v) is 3.28. The Morgan fingerprint density at radius 2 is 2.33 bits per heavy atom. The molecule has 0 bridgehead atoms. The summed E-state index contributed by atoms with van der Waals surface area (Å²) in [5.41, 5.74) is 1.19. The Balaban J connectivity index is 2.29. The first-order valence-corrected chi connectivity index (χ1v) is 7.07. The molecule has 2 atom stereocenters. The number of nitrogens with one attached hydrogen (secondary N) is 1. The van der Waals surface area contributed by atoms with Gasteiger partial charge in [0.05, 0.1) is 11.9 Å². The number of benzene rings is 1. The molecule has 1 heterocycles. The molecule has 1 aliphatic rings. The second-order valence-corrected chi connectivity index (χ2v) is 5.79. The highest BCUT2D eigenvalue weighted by Crippen LogP contribution is 2.39. The number of hydrogen-bond acceptors (Lipinski definition) is 4. The molecule has 1 aliphatic heterocycles. The molecule has 0 spiro atoms. The number of anilines is 1. The lowest BCUT2D eigenvalue weighted by atomic mass is 10.2. The van der Waals surface area contributed by atoms with Gasteiger partial charge in [-0.25, -0.2) is 0 Å². The Bertz CT molecular complexity index is 356. The molecule has 2 unspecified atom stereocenters. The molecule has 0 aromatic heterocycles. The summed E-state index contributed by atoms with van der Waals surface area (Å²) >= 11 is 3.52. The van der Waals surface area contributed by atoms with Gasteiger partial charge in [-0.05, 0) is 31.4 Å². The van der Waals surface area contributed by atoms with Crippen LogP contribution in [-0.4, -0.2) is 29.3 Å². The van der Waals surface area contributed by atoms with Gasteiger partial charge in [-0.3, -0.25) is 0 Å². The summed E-state index contributed by atoms with van der Waals surface area (Å²) in [4.78, 5) is 2.52. The highest BCUT2D eigenvalue weighted by molar-refractivity contribution is 8.00. The molecule has 0 aliphatic carbocycles. The standard InChI is InChI=1S/C11H15NOS2/c1-7-11(6-13)15-10-5-8(14-2)3-4-9(10)12-7/h3-5,7,11-13H,6H2,1-2H3. The summed E-state index contributed by atoms with van der Waals surface area (Å²) in [6, 6.07) is 6.76. The van der Waals surface area contributed by atoms with Gasteiger partial charge >= 0.3 is 0 Å². The SMILES string of the molecule is CSc1ccc2c(c1)SC(CO)C(C)N2. The predicted molar refractivity (Wildman–Crippen MR) is 68.0 cm³/mol. The van der Waals surface area contributed by atoms with E-state index in [9.17, 15) is 5.11 Å². The average molecular weight is 241 g/mol. The van der Waals surface area contributed by atoms with Gasteiger partial charge in [-0.15, -0.1) is 23.5 Å². The zero-order chi connectivity index (χ0) is 10.8. The van der Waals surface area contributed by atoms with Gasteiger partial charge in [-0.1, -0.05) is 0 Å². The summed E-state index contributed by atoms with van der Waals surface area (Å²) in [5, 5.41) is 12.9. The number of aliphatic hydroxyl groups is 1. The molecule has 2 N–H and O–H groups in total. The molecule has 15 heavy (non-hydrogen) atoms. The van der Waals surface area contributed by atoms with Crippen molar-refractivity contribution in [1.29, 1.82) is 0 Å². The third-order valence-electron chi connectivity index (χ3n) is 2.59. The highest BCUT2D eigenvalue weighted by atomic mass is 32.2. The lowest BCUT2D eigenvalue weighted by Crippen LogP contribution is -2.34. The Labute approximate surface area is 98.8 Å². The Morgan fingerprint density at radius 1 is 1.53 bits per heavy atom. The van der Waals surface area contributed by atoms with Crippen molar-refractivity contribution >= 4 is 29.2 Å². The van der Waals surface area contributed by atoms with Crippen molar-refractivity contribution in [3.63, 3.8) is 0 Å². The summed E-state index contributed by atoms with van der Waals surface area (Å²) < 4.78 is 0. The van der Waals surface area contributed by atoms with Gasteiger partial charge in [0, 0.05) is 21.5 Å². The third kappa shape index (κ3) is 2.27. The van der Waals surface area contributed by atoms with Crippen molar-refractivity contribution in [2.24, 2.45) is 0 Å². The number of aliphatic hydroxyl groups excluding tert-OH is 1. The molecule has 0 saturated heterocycles. The van der Waals surface area contributed by atoms with E-state index in [2.05, 4.69) is 36.7 Å². The fraction of sp³-hybridized carbons (Fsp3) is 0.455. The zero-order valence-electron chi connectivity index (χ0n) is 8.86. The lowest BCUT2D eigenvalue weighted by Gasteiger charge is -2.30. The summed E-state index contributed by atoms with van der Waals surface area (Å²) in [6.07, 6.45) is 2.08. The smallest absolute Gasteiger partial charge is 0.0573 e. The molecule has 1 aromatic rings. The molecule has 1 aromatic carbocycles. The van der Waals surface area contributed by atoms with Crippen LogP contribution in [0.3, 0.4) is 0 Å². The van der Waals surface area contributed by atoms with Crippen LogP contribution in [0.2, 0.25) is 0 Å². The van der Waals surface area contributed by atoms with Crippen LogP contribution in [0.4, 0.5) is 5.69 Å². The minimum Gasteiger partial charge on any atom is -0.395 e. The number of rotatable bonds is 2. The van der Waals surface area contributed by atoms with Crippen molar-refractivity contribution < 1.29 is 5.11 Å². The van der Waals surface area contributed by atoms with Crippen LogP contribution >= 0.6 is 23.5 Å². The minimum absolute atomic E-state index is 0.224. The second-order valence-electron chi connectivity index (χ2n) is 3.63. The molecular formula is C11H15NOS2. The first kappa shape index (κ1) is 11.2. The van der Waals surface area contributed by atoms with Crippen molar-refractivity contribution in [3.8, 4) is 0 Å². The fourth-order valence-electron chi connectivity index (χ4n) is 1.65. The van der Waals surface area contributed by atoms with Crippen LogP contribution in [-0.2, 0) is 0 Å². The first-order valence-electron chi connectivity index (χ1n) is 4.96. The van der Waals surface area contributed by atoms with Crippen LogP contribution in [0.25, 0.3) is 0 Å². The largest absolute Gasteiger partial charge is 0.395 e.